The van der Waals surface area contributed by atoms with Gasteiger partial charge in [-0.2, -0.15) is 0 Å². The summed E-state index contributed by atoms with van der Waals surface area (Å²) in [5.74, 6) is -1.65. The summed E-state index contributed by atoms with van der Waals surface area (Å²) < 4.78 is 13.4. The summed E-state index contributed by atoms with van der Waals surface area (Å²) in [4.78, 5) is 35.1. The van der Waals surface area contributed by atoms with Crippen molar-refractivity contribution in [1.82, 2.24) is 14.9 Å². The van der Waals surface area contributed by atoms with Gasteiger partial charge in [0.15, 0.2) is 0 Å². The normalized spacial score (nSPS) is 11.8. The molecule has 0 aliphatic rings. The van der Waals surface area contributed by atoms with Crippen molar-refractivity contribution in [3.63, 3.8) is 0 Å². The third-order valence-electron chi connectivity index (χ3n) is 5.32. The number of hydrogen-bond donors (Lipinski definition) is 1. The van der Waals surface area contributed by atoms with Gasteiger partial charge in [-0.15, -0.1) is 0 Å². The number of carboxylic acid groups (broad SMARTS) is 1. The summed E-state index contributed by atoms with van der Waals surface area (Å²) in [5.41, 5.74) is 3.28. The van der Waals surface area contributed by atoms with Crippen LogP contribution in [0.5, 0.6) is 0 Å². The SMILES string of the molecule is CC(c1ccc(F)cc1)N(Cc1cccc(C(=O)O)c1)C(=O)c1ccc2nccnc2c1. The molecule has 3 aromatic carbocycles. The van der Waals surface area contributed by atoms with Crippen molar-refractivity contribution >= 4 is 22.9 Å². The highest BCUT2D eigenvalue weighted by Crippen LogP contribution is 2.26. The Morgan fingerprint density at radius 2 is 1.66 bits per heavy atom. The van der Waals surface area contributed by atoms with Crippen molar-refractivity contribution in [2.75, 3.05) is 0 Å². The molecule has 6 nitrogen and oxygen atoms in total. The Morgan fingerprint density at radius 1 is 0.938 bits per heavy atom. The third kappa shape index (κ3) is 4.46. The molecule has 1 atom stereocenters. The maximum atomic E-state index is 13.6. The Bertz CT molecular complexity index is 1290. The smallest absolute Gasteiger partial charge is 0.335 e. The molecule has 1 heterocycles. The van der Waals surface area contributed by atoms with Gasteiger partial charge in [-0.3, -0.25) is 14.8 Å². The number of nitrogens with zero attached hydrogens (tertiary/aromatic N) is 3. The molecule has 1 N–H and O–H groups in total. The number of carboxylic acids is 1. The van der Waals surface area contributed by atoms with Gasteiger partial charge in [0.2, 0.25) is 0 Å². The van der Waals surface area contributed by atoms with Crippen LogP contribution in [-0.4, -0.2) is 31.9 Å². The van der Waals surface area contributed by atoms with Gasteiger partial charge in [0, 0.05) is 24.5 Å². The number of benzene rings is 3. The number of carbonyl (C=O) groups excluding carboxylic acids is 1. The predicted octanol–water partition coefficient (Wildman–Crippen LogP) is 4.87. The second-order valence-corrected chi connectivity index (χ2v) is 7.43. The van der Waals surface area contributed by atoms with E-state index in [0.29, 0.717) is 22.2 Å². The van der Waals surface area contributed by atoms with Crippen molar-refractivity contribution in [3.8, 4) is 0 Å². The maximum Gasteiger partial charge on any atom is 0.335 e. The van der Waals surface area contributed by atoms with Crippen LogP contribution in [0.1, 0.15) is 44.8 Å². The van der Waals surface area contributed by atoms with E-state index >= 15 is 0 Å². The van der Waals surface area contributed by atoms with Gasteiger partial charge in [0.25, 0.3) is 5.91 Å². The second-order valence-electron chi connectivity index (χ2n) is 7.43. The van der Waals surface area contributed by atoms with E-state index < -0.39 is 12.0 Å². The van der Waals surface area contributed by atoms with Crippen LogP contribution in [0.2, 0.25) is 0 Å². The quantitative estimate of drug-likeness (QED) is 0.473. The Kier molecular flexibility index (Phi) is 5.89. The van der Waals surface area contributed by atoms with Gasteiger partial charge in [0.05, 0.1) is 22.6 Å². The predicted molar refractivity (Wildman–Crippen MR) is 118 cm³/mol. The van der Waals surface area contributed by atoms with Gasteiger partial charge in [-0.05, 0) is 60.5 Å². The van der Waals surface area contributed by atoms with Gasteiger partial charge in [0.1, 0.15) is 5.82 Å². The number of fused-ring (bicyclic) bond motifs is 1. The molecule has 4 aromatic rings. The lowest BCUT2D eigenvalue weighted by atomic mass is 10.0. The summed E-state index contributed by atoms with van der Waals surface area (Å²) in [7, 11) is 0. The Balaban J connectivity index is 1.73. The molecule has 0 saturated heterocycles. The van der Waals surface area contributed by atoms with Crippen LogP contribution in [-0.2, 0) is 6.54 Å². The molecule has 0 saturated carbocycles. The largest absolute Gasteiger partial charge is 0.478 e. The van der Waals surface area contributed by atoms with Crippen molar-refractivity contribution in [2.45, 2.75) is 19.5 Å². The van der Waals surface area contributed by atoms with Crippen LogP contribution in [0, 0.1) is 5.82 Å². The lowest BCUT2D eigenvalue weighted by Gasteiger charge is -2.30. The molecule has 160 valence electrons. The number of aromatic carboxylic acids is 1. The van der Waals surface area contributed by atoms with E-state index in [1.54, 1.807) is 65.8 Å². The molecule has 0 aliphatic carbocycles. The van der Waals surface area contributed by atoms with E-state index in [0.717, 1.165) is 5.56 Å². The highest BCUT2D eigenvalue weighted by Gasteiger charge is 2.24. The van der Waals surface area contributed by atoms with Gasteiger partial charge < -0.3 is 10.0 Å². The van der Waals surface area contributed by atoms with E-state index in [1.807, 2.05) is 6.92 Å². The second kappa shape index (κ2) is 8.93. The fraction of sp³-hybridized carbons (Fsp3) is 0.120. The fourth-order valence-corrected chi connectivity index (χ4v) is 3.57. The lowest BCUT2D eigenvalue weighted by molar-refractivity contribution is 0.0674. The van der Waals surface area contributed by atoms with Crippen LogP contribution in [0.4, 0.5) is 4.39 Å². The van der Waals surface area contributed by atoms with E-state index in [1.165, 1.54) is 18.2 Å². The van der Waals surface area contributed by atoms with Crippen LogP contribution in [0.25, 0.3) is 11.0 Å². The van der Waals surface area contributed by atoms with E-state index in [-0.39, 0.29) is 23.8 Å². The number of halogens is 1. The molecule has 0 aliphatic heterocycles. The molecule has 7 heteroatoms. The van der Waals surface area contributed by atoms with Gasteiger partial charge >= 0.3 is 5.97 Å². The highest BCUT2D eigenvalue weighted by atomic mass is 19.1. The summed E-state index contributed by atoms with van der Waals surface area (Å²) in [6.45, 7) is 2.03. The number of amides is 1. The highest BCUT2D eigenvalue weighted by molar-refractivity contribution is 5.97. The van der Waals surface area contributed by atoms with Crippen molar-refractivity contribution in [2.24, 2.45) is 0 Å². The molecule has 4 rings (SSSR count). The minimum absolute atomic E-state index is 0.144. The van der Waals surface area contributed by atoms with Gasteiger partial charge in [-0.1, -0.05) is 24.3 Å². The molecule has 0 radical (unpaired) electrons. The molecule has 0 bridgehead atoms. The third-order valence-corrected chi connectivity index (χ3v) is 5.32. The zero-order valence-corrected chi connectivity index (χ0v) is 17.3. The zero-order valence-electron chi connectivity index (χ0n) is 17.3. The maximum absolute atomic E-state index is 13.6. The minimum atomic E-state index is -1.04. The minimum Gasteiger partial charge on any atom is -0.478 e. The molecular weight excluding hydrogens is 409 g/mol. The zero-order chi connectivity index (χ0) is 22.7. The van der Waals surface area contributed by atoms with Crippen LogP contribution >= 0.6 is 0 Å². The summed E-state index contributed by atoms with van der Waals surface area (Å²) >= 11 is 0. The van der Waals surface area contributed by atoms with Gasteiger partial charge in [-0.25, -0.2) is 9.18 Å². The van der Waals surface area contributed by atoms with Crippen molar-refractivity contribution in [1.29, 1.82) is 0 Å². The summed E-state index contributed by atoms with van der Waals surface area (Å²) in [5, 5.41) is 9.32. The number of carbonyl (C=O) groups is 2. The number of rotatable bonds is 6. The molecule has 1 unspecified atom stereocenters. The fourth-order valence-electron chi connectivity index (χ4n) is 3.57. The first-order valence-corrected chi connectivity index (χ1v) is 10.0. The topological polar surface area (TPSA) is 83.4 Å². The monoisotopic (exact) mass is 429 g/mol. The number of hydrogen-bond acceptors (Lipinski definition) is 4. The summed E-state index contributed by atoms with van der Waals surface area (Å²) in [6.07, 6.45) is 3.15. The first-order chi connectivity index (χ1) is 15.4. The molecule has 0 spiro atoms. The van der Waals surface area contributed by atoms with Crippen LogP contribution < -0.4 is 0 Å². The Hall–Kier alpha value is -4.13. The Morgan fingerprint density at radius 3 is 2.38 bits per heavy atom. The molecule has 1 amide bonds. The van der Waals surface area contributed by atoms with Crippen molar-refractivity contribution in [3.05, 3.63) is 107 Å². The van der Waals surface area contributed by atoms with Crippen LogP contribution in [0.15, 0.2) is 79.1 Å². The molecule has 32 heavy (non-hydrogen) atoms. The first kappa shape index (κ1) is 21.1. The van der Waals surface area contributed by atoms with E-state index in [4.69, 9.17) is 0 Å². The molecular formula is C25H20FN3O3. The molecule has 1 aromatic heterocycles. The average molecular weight is 429 g/mol. The lowest BCUT2D eigenvalue weighted by Crippen LogP contribution is -2.33. The van der Waals surface area contributed by atoms with Crippen molar-refractivity contribution < 1.29 is 19.1 Å². The van der Waals surface area contributed by atoms with E-state index in [2.05, 4.69) is 9.97 Å². The van der Waals surface area contributed by atoms with Crippen LogP contribution in [0.3, 0.4) is 0 Å². The van der Waals surface area contributed by atoms with E-state index in [9.17, 15) is 19.1 Å². The molecule has 0 fully saturated rings. The summed E-state index contributed by atoms with van der Waals surface area (Å²) in [6, 6.07) is 17.2. The standard InChI is InChI=1S/C25H20FN3O3/c1-16(18-5-8-21(26)9-6-18)29(15-17-3-2-4-20(13-17)25(31)32)24(30)19-7-10-22-23(14-19)28-12-11-27-22/h2-14,16H,15H2,1H3,(H,31,32). The number of aromatic nitrogens is 2. The first-order valence-electron chi connectivity index (χ1n) is 10.0. The Labute approximate surface area is 184 Å². The average Bonchev–Trinajstić information content (AvgIpc) is 2.82.